The van der Waals surface area contributed by atoms with Gasteiger partial charge in [-0.3, -0.25) is 19.6 Å². The summed E-state index contributed by atoms with van der Waals surface area (Å²) in [6, 6.07) is 9.33. The van der Waals surface area contributed by atoms with Crippen LogP contribution in [0.2, 0.25) is 0 Å². The number of nitrogens with one attached hydrogen (secondary N) is 2. The van der Waals surface area contributed by atoms with Crippen molar-refractivity contribution in [2.45, 2.75) is 6.92 Å². The molecule has 112 valence electrons. The first kappa shape index (κ1) is 14.3. The largest absolute Gasteiger partial charge is 0.328 e. The van der Waals surface area contributed by atoms with Crippen LogP contribution >= 0.6 is 12.2 Å². The van der Waals surface area contributed by atoms with Crippen molar-refractivity contribution in [1.29, 1.82) is 0 Å². The summed E-state index contributed by atoms with van der Waals surface area (Å²) < 4.78 is 3.32. The fourth-order valence-corrected chi connectivity index (χ4v) is 2.58. The van der Waals surface area contributed by atoms with E-state index in [-0.39, 0.29) is 22.3 Å². The SMILES string of the molecule is Cc1c(/C=C2\NC(=S)NC2=O)c(=O)n(-c2ccccc2)n1C. The lowest BCUT2D eigenvalue weighted by atomic mass is 10.2. The Hall–Kier alpha value is -2.67. The molecule has 3 rings (SSSR count). The monoisotopic (exact) mass is 314 g/mol. The minimum Gasteiger partial charge on any atom is -0.328 e. The number of hydrogen-bond donors (Lipinski definition) is 2. The van der Waals surface area contributed by atoms with Crippen LogP contribution in [0.3, 0.4) is 0 Å². The van der Waals surface area contributed by atoms with Crippen molar-refractivity contribution in [2.75, 3.05) is 0 Å². The highest BCUT2D eigenvalue weighted by Gasteiger charge is 2.22. The summed E-state index contributed by atoms with van der Waals surface area (Å²) in [7, 11) is 1.80. The highest BCUT2D eigenvalue weighted by Crippen LogP contribution is 2.13. The molecule has 0 spiro atoms. The Balaban J connectivity index is 2.16. The predicted octanol–water partition coefficient (Wildman–Crippen LogP) is 0.830. The second-order valence-corrected chi connectivity index (χ2v) is 5.35. The number of nitrogens with zero attached hydrogens (tertiary/aromatic N) is 2. The molecule has 6 nitrogen and oxygen atoms in total. The van der Waals surface area contributed by atoms with E-state index >= 15 is 0 Å². The van der Waals surface area contributed by atoms with Crippen molar-refractivity contribution in [1.82, 2.24) is 20.0 Å². The number of carbonyl (C=O) groups excluding carboxylic acids is 1. The van der Waals surface area contributed by atoms with E-state index in [0.717, 1.165) is 11.4 Å². The normalized spacial score (nSPS) is 16.0. The summed E-state index contributed by atoms with van der Waals surface area (Å²) in [5.74, 6) is -0.334. The Morgan fingerprint density at radius 1 is 1.14 bits per heavy atom. The Kier molecular flexibility index (Phi) is 3.42. The van der Waals surface area contributed by atoms with E-state index in [1.54, 1.807) is 16.4 Å². The third-order valence-electron chi connectivity index (χ3n) is 3.61. The Morgan fingerprint density at radius 3 is 2.41 bits per heavy atom. The molecule has 0 unspecified atom stereocenters. The number of amides is 1. The van der Waals surface area contributed by atoms with E-state index in [1.807, 2.05) is 37.3 Å². The van der Waals surface area contributed by atoms with Crippen LogP contribution in [0.5, 0.6) is 0 Å². The molecule has 0 bridgehead atoms. The maximum absolute atomic E-state index is 12.7. The predicted molar refractivity (Wildman–Crippen MR) is 87.6 cm³/mol. The Bertz CT molecular complexity index is 862. The average molecular weight is 314 g/mol. The Labute approximate surface area is 132 Å². The molecule has 1 aliphatic rings. The molecule has 1 aromatic heterocycles. The van der Waals surface area contributed by atoms with Gasteiger partial charge in [-0.25, -0.2) is 4.68 Å². The van der Waals surface area contributed by atoms with Gasteiger partial charge >= 0.3 is 0 Å². The van der Waals surface area contributed by atoms with Crippen LogP contribution < -0.4 is 16.2 Å². The summed E-state index contributed by atoms with van der Waals surface area (Å²) in [5.41, 5.74) is 2.06. The highest BCUT2D eigenvalue weighted by molar-refractivity contribution is 7.80. The third kappa shape index (κ3) is 2.25. The number of benzene rings is 1. The van der Waals surface area contributed by atoms with Gasteiger partial charge < -0.3 is 5.32 Å². The van der Waals surface area contributed by atoms with Gasteiger partial charge in [0.1, 0.15) is 5.70 Å². The van der Waals surface area contributed by atoms with E-state index in [1.165, 1.54) is 6.08 Å². The minimum absolute atomic E-state index is 0.189. The zero-order chi connectivity index (χ0) is 15.9. The van der Waals surface area contributed by atoms with Gasteiger partial charge in [0.2, 0.25) is 0 Å². The minimum atomic E-state index is -0.334. The van der Waals surface area contributed by atoms with Gasteiger partial charge in [-0.15, -0.1) is 0 Å². The molecule has 0 atom stereocenters. The molecule has 0 saturated carbocycles. The molecule has 7 heteroatoms. The molecule has 2 aromatic rings. The first-order valence-corrected chi connectivity index (χ1v) is 7.08. The van der Waals surface area contributed by atoms with Crippen molar-refractivity contribution in [3.8, 4) is 5.69 Å². The first-order valence-electron chi connectivity index (χ1n) is 6.67. The number of hydrogen-bond acceptors (Lipinski definition) is 3. The van der Waals surface area contributed by atoms with Crippen LogP contribution in [-0.2, 0) is 11.8 Å². The molecule has 22 heavy (non-hydrogen) atoms. The maximum atomic E-state index is 12.7. The maximum Gasteiger partial charge on any atom is 0.279 e. The van der Waals surface area contributed by atoms with Crippen LogP contribution in [0.4, 0.5) is 0 Å². The molecular weight excluding hydrogens is 300 g/mol. The van der Waals surface area contributed by atoms with Gasteiger partial charge in [-0.05, 0) is 37.4 Å². The first-order chi connectivity index (χ1) is 10.5. The van der Waals surface area contributed by atoms with Crippen LogP contribution in [0.25, 0.3) is 11.8 Å². The zero-order valence-electron chi connectivity index (χ0n) is 12.1. The molecule has 1 aliphatic heterocycles. The second-order valence-electron chi connectivity index (χ2n) is 4.94. The molecule has 2 heterocycles. The highest BCUT2D eigenvalue weighted by atomic mass is 32.1. The lowest BCUT2D eigenvalue weighted by molar-refractivity contribution is -0.115. The van der Waals surface area contributed by atoms with E-state index in [0.29, 0.717) is 5.56 Å². The zero-order valence-corrected chi connectivity index (χ0v) is 12.9. The van der Waals surface area contributed by atoms with E-state index in [4.69, 9.17) is 12.2 Å². The van der Waals surface area contributed by atoms with E-state index in [9.17, 15) is 9.59 Å². The summed E-state index contributed by atoms with van der Waals surface area (Å²) in [4.78, 5) is 24.4. The van der Waals surface area contributed by atoms with Crippen molar-refractivity contribution >= 4 is 29.3 Å². The number of para-hydroxylation sites is 1. The molecule has 1 aromatic carbocycles. The van der Waals surface area contributed by atoms with Crippen LogP contribution in [0, 0.1) is 6.92 Å². The molecular formula is C15H14N4O2S. The van der Waals surface area contributed by atoms with Gasteiger partial charge in [-0.2, -0.15) is 0 Å². The molecule has 2 N–H and O–H groups in total. The van der Waals surface area contributed by atoms with E-state index in [2.05, 4.69) is 10.6 Å². The number of rotatable bonds is 2. The van der Waals surface area contributed by atoms with Gasteiger partial charge in [0, 0.05) is 12.7 Å². The fourth-order valence-electron chi connectivity index (χ4n) is 2.38. The number of thiocarbonyl (C=S) groups is 1. The summed E-state index contributed by atoms with van der Waals surface area (Å²) in [5, 5.41) is 5.47. The lowest BCUT2D eigenvalue weighted by Crippen LogP contribution is -2.21. The van der Waals surface area contributed by atoms with Crippen LogP contribution in [0.1, 0.15) is 11.3 Å². The summed E-state index contributed by atoms with van der Waals surface area (Å²) in [6.45, 7) is 1.83. The van der Waals surface area contributed by atoms with Crippen molar-refractivity contribution in [3.63, 3.8) is 0 Å². The average Bonchev–Trinajstić information content (AvgIpc) is 2.92. The molecule has 0 radical (unpaired) electrons. The lowest BCUT2D eigenvalue weighted by Gasteiger charge is -2.07. The van der Waals surface area contributed by atoms with Crippen molar-refractivity contribution < 1.29 is 4.79 Å². The van der Waals surface area contributed by atoms with Crippen molar-refractivity contribution in [2.24, 2.45) is 7.05 Å². The standard InChI is InChI=1S/C15H14N4O2S/c1-9-11(8-12-13(20)17-15(22)16-12)14(21)19(18(9)2)10-6-4-3-5-7-10/h3-8H,1-2H3,(H2,16,17,20,22)/b12-8-. The number of aromatic nitrogens is 2. The molecule has 1 saturated heterocycles. The van der Waals surface area contributed by atoms with Gasteiger partial charge in [-0.1, -0.05) is 18.2 Å². The fraction of sp³-hybridized carbons (Fsp3) is 0.133. The second kappa shape index (κ2) is 5.27. The summed E-state index contributed by atoms with van der Waals surface area (Å²) in [6.07, 6.45) is 1.53. The molecule has 1 amide bonds. The Morgan fingerprint density at radius 2 is 1.82 bits per heavy atom. The van der Waals surface area contributed by atoms with Crippen molar-refractivity contribution in [3.05, 3.63) is 57.6 Å². The van der Waals surface area contributed by atoms with Crippen LogP contribution in [-0.4, -0.2) is 20.4 Å². The number of carbonyl (C=O) groups is 1. The topological polar surface area (TPSA) is 68.1 Å². The van der Waals surface area contributed by atoms with Gasteiger partial charge in [0.25, 0.3) is 11.5 Å². The molecule has 1 fully saturated rings. The third-order valence-corrected chi connectivity index (χ3v) is 3.81. The quantitative estimate of drug-likeness (QED) is 0.636. The smallest absolute Gasteiger partial charge is 0.279 e. The molecule has 0 aliphatic carbocycles. The van der Waals surface area contributed by atoms with Gasteiger partial charge in [0.15, 0.2) is 5.11 Å². The van der Waals surface area contributed by atoms with E-state index < -0.39 is 0 Å². The summed E-state index contributed by atoms with van der Waals surface area (Å²) >= 11 is 4.89. The van der Waals surface area contributed by atoms with Gasteiger partial charge in [0.05, 0.1) is 11.3 Å². The van der Waals surface area contributed by atoms with Crippen LogP contribution in [0.15, 0.2) is 40.8 Å².